The first-order valence-corrected chi connectivity index (χ1v) is 19.5. The summed E-state index contributed by atoms with van der Waals surface area (Å²) in [5.41, 5.74) is 0.426. The number of carbonyl (C=O) groups is 5. The Morgan fingerprint density at radius 1 is 0.565 bits per heavy atom. The fourth-order valence-electron chi connectivity index (χ4n) is 6.93. The molecule has 0 saturated carbocycles. The molecule has 1 aliphatic heterocycles. The Morgan fingerprint density at radius 2 is 1.00 bits per heavy atom. The Kier molecular flexibility index (Phi) is 12.5. The van der Waals surface area contributed by atoms with Gasteiger partial charge in [0.05, 0.1) is 40.2 Å². The molecule has 1 aromatic heterocycles. The maximum absolute atomic E-state index is 14.2. The van der Waals surface area contributed by atoms with Gasteiger partial charge < -0.3 is 23.8 Å². The molecule has 0 spiro atoms. The average molecular weight is 837 g/mol. The molecule has 15 nitrogen and oxygen atoms in total. The van der Waals surface area contributed by atoms with Gasteiger partial charge in [0.1, 0.15) is 12.4 Å². The Bertz CT molecular complexity index is 2740. The largest absolute Gasteiger partial charge is 0.458 e. The predicted octanol–water partition coefficient (Wildman–Crippen LogP) is 6.35. The molecule has 6 aromatic rings. The van der Waals surface area contributed by atoms with Crippen LogP contribution in [0.4, 0.5) is 22.9 Å². The van der Waals surface area contributed by atoms with Crippen molar-refractivity contribution in [2.75, 3.05) is 23.0 Å². The van der Waals surface area contributed by atoms with Crippen LogP contribution in [0.3, 0.4) is 0 Å². The van der Waals surface area contributed by atoms with Crippen LogP contribution in [0.2, 0.25) is 0 Å². The Balaban J connectivity index is 1.42. The van der Waals surface area contributed by atoms with Crippen molar-refractivity contribution in [3.8, 4) is 0 Å². The number of hydrogen-bond acceptors (Lipinski definition) is 12. The summed E-state index contributed by atoms with van der Waals surface area (Å²) in [6, 6.07) is 35.1. The number of anilines is 4. The van der Waals surface area contributed by atoms with E-state index >= 15 is 0 Å². The van der Waals surface area contributed by atoms with Crippen molar-refractivity contribution in [3.05, 3.63) is 188 Å². The third kappa shape index (κ3) is 9.21. The van der Waals surface area contributed by atoms with Crippen molar-refractivity contribution in [1.82, 2.24) is 9.97 Å². The van der Waals surface area contributed by atoms with Crippen LogP contribution in [0.15, 0.2) is 143 Å². The van der Waals surface area contributed by atoms with E-state index in [9.17, 15) is 33.6 Å². The average Bonchev–Trinajstić information content (AvgIpc) is 3.28. The lowest BCUT2D eigenvalue weighted by Gasteiger charge is -2.41. The van der Waals surface area contributed by atoms with Crippen LogP contribution in [-0.4, -0.2) is 71.2 Å². The smallest absolute Gasteiger partial charge is 0.338 e. The number of aromatic nitrogens is 2. The fourth-order valence-corrected chi connectivity index (χ4v) is 6.93. The zero-order valence-electron chi connectivity index (χ0n) is 33.7. The highest BCUT2D eigenvalue weighted by molar-refractivity contribution is 6.08. The van der Waals surface area contributed by atoms with Gasteiger partial charge >= 0.3 is 29.6 Å². The van der Waals surface area contributed by atoms with Gasteiger partial charge in [-0.3, -0.25) is 24.5 Å². The number of aryl methyl sites for hydroxylation is 2. The van der Waals surface area contributed by atoms with E-state index in [1.54, 1.807) is 84.9 Å². The van der Waals surface area contributed by atoms with Gasteiger partial charge in [0.2, 0.25) is 5.91 Å². The molecule has 0 unspecified atom stereocenters. The monoisotopic (exact) mass is 836 g/mol. The molecule has 5 aromatic carbocycles. The van der Waals surface area contributed by atoms with Crippen molar-refractivity contribution >= 4 is 52.7 Å². The number of ether oxygens (including phenoxy) is 4. The van der Waals surface area contributed by atoms with E-state index in [4.69, 9.17) is 18.9 Å². The first-order chi connectivity index (χ1) is 29.9. The van der Waals surface area contributed by atoms with E-state index in [0.717, 1.165) is 16.0 Å². The second-order valence-electron chi connectivity index (χ2n) is 14.3. The van der Waals surface area contributed by atoms with E-state index in [0.29, 0.717) is 5.69 Å². The van der Waals surface area contributed by atoms with Crippen LogP contribution in [0.5, 0.6) is 0 Å². The van der Waals surface area contributed by atoms with Gasteiger partial charge in [0, 0.05) is 6.92 Å². The molecule has 2 heterocycles. The van der Waals surface area contributed by atoms with Crippen LogP contribution in [0.1, 0.15) is 59.5 Å². The van der Waals surface area contributed by atoms with Gasteiger partial charge in [-0.05, 0) is 85.6 Å². The van der Waals surface area contributed by atoms with Gasteiger partial charge in [-0.25, -0.2) is 24.0 Å². The third-order valence-corrected chi connectivity index (χ3v) is 10.1. The number of hydrogen-bond donors (Lipinski definition) is 2. The number of carbonyl (C=O) groups excluding carboxylic acids is 5. The standard InChI is InChI=1S/C47H40N4O11/c1-28-24-35-36(25-29(28)2)51(30(3)52)39-41(48-47(58)49-42(39)53)50(35)26-37(60-44(55)32-18-10-5-11-19-32)40(62-46(57)34-22-14-7-15-23-34)38(61-45(56)33-20-12-6-13-21-33)27-59-43(54)31-16-8-4-9-17-31/h4-25,37-38,40H,26-27H2,1-3H3,(H2,48,49,53,58)/t37-,38+,40-/m0/s1. The minimum absolute atomic E-state index is 0.0766. The van der Waals surface area contributed by atoms with Crippen LogP contribution in [0, 0.1) is 13.8 Å². The van der Waals surface area contributed by atoms with E-state index in [-0.39, 0.29) is 39.4 Å². The third-order valence-electron chi connectivity index (χ3n) is 10.1. The first kappa shape index (κ1) is 42.1. The first-order valence-electron chi connectivity index (χ1n) is 19.5. The molecule has 314 valence electrons. The summed E-state index contributed by atoms with van der Waals surface area (Å²) < 4.78 is 24.3. The van der Waals surface area contributed by atoms with Crippen LogP contribution < -0.4 is 21.0 Å². The quantitative estimate of drug-likeness (QED) is 0.0969. The topological polar surface area (TPSA) is 194 Å². The molecule has 0 saturated heterocycles. The van der Waals surface area contributed by atoms with Gasteiger partial charge in [0.25, 0.3) is 5.56 Å². The summed E-state index contributed by atoms with van der Waals surface area (Å²) in [5, 5.41) is 0. The van der Waals surface area contributed by atoms with Crippen molar-refractivity contribution in [3.63, 3.8) is 0 Å². The van der Waals surface area contributed by atoms with Crippen molar-refractivity contribution in [2.24, 2.45) is 0 Å². The van der Waals surface area contributed by atoms with Gasteiger partial charge in [-0.15, -0.1) is 0 Å². The van der Waals surface area contributed by atoms with Crippen molar-refractivity contribution in [1.29, 1.82) is 0 Å². The number of nitrogens with zero attached hydrogens (tertiary/aromatic N) is 2. The number of amides is 1. The summed E-state index contributed by atoms with van der Waals surface area (Å²) in [7, 11) is 0. The molecule has 15 heteroatoms. The summed E-state index contributed by atoms with van der Waals surface area (Å²) in [6.07, 6.45) is -5.11. The normalized spacial score (nSPS) is 13.1. The zero-order valence-corrected chi connectivity index (χ0v) is 33.7. The lowest BCUT2D eigenvalue weighted by Crippen LogP contribution is -2.52. The van der Waals surface area contributed by atoms with Crippen LogP contribution in [0.25, 0.3) is 0 Å². The summed E-state index contributed by atoms with van der Waals surface area (Å²) in [5.74, 6) is -4.23. The molecule has 2 N–H and O–H groups in total. The number of H-pyrrole nitrogens is 2. The summed E-state index contributed by atoms with van der Waals surface area (Å²) >= 11 is 0. The number of fused-ring (bicyclic) bond motifs is 2. The van der Waals surface area contributed by atoms with Crippen LogP contribution >= 0.6 is 0 Å². The molecule has 0 fully saturated rings. The molecule has 0 radical (unpaired) electrons. The Labute approximate surface area is 354 Å². The number of rotatable bonds is 13. The molecule has 0 bridgehead atoms. The lowest BCUT2D eigenvalue weighted by molar-refractivity contribution is -0.115. The Morgan fingerprint density at radius 3 is 1.48 bits per heavy atom. The number of aromatic amines is 2. The molecule has 3 atom stereocenters. The minimum Gasteiger partial charge on any atom is -0.458 e. The molecular weight excluding hydrogens is 797 g/mol. The molecule has 1 aliphatic rings. The zero-order chi connectivity index (χ0) is 43.9. The lowest BCUT2D eigenvalue weighted by atomic mass is 10.0. The highest BCUT2D eigenvalue weighted by Crippen LogP contribution is 2.46. The SMILES string of the molecule is CC(=O)N1c2cc(C)c(C)cc2N(C[C@H](OC(=O)c2ccccc2)[C@H](OC(=O)c2ccccc2)[C@@H](COC(=O)c2ccccc2)OC(=O)c2ccccc2)c2[nH]c(=O)[nH]c(=O)c21. The van der Waals surface area contributed by atoms with Gasteiger partial charge in [-0.1, -0.05) is 72.8 Å². The second kappa shape index (κ2) is 18.5. The van der Waals surface area contributed by atoms with E-state index < -0.39 is 72.5 Å². The highest BCUT2D eigenvalue weighted by Gasteiger charge is 2.44. The predicted molar refractivity (Wildman–Crippen MR) is 227 cm³/mol. The number of nitrogens with one attached hydrogen (secondary N) is 2. The molecule has 0 aliphatic carbocycles. The maximum Gasteiger partial charge on any atom is 0.338 e. The van der Waals surface area contributed by atoms with E-state index in [1.807, 2.05) is 13.8 Å². The van der Waals surface area contributed by atoms with Crippen molar-refractivity contribution < 1.29 is 42.9 Å². The van der Waals surface area contributed by atoms with E-state index in [2.05, 4.69) is 9.97 Å². The summed E-state index contributed by atoms with van der Waals surface area (Å²) in [4.78, 5) is 103. The molecular formula is C47H40N4O11. The number of esters is 4. The molecule has 1 amide bonds. The highest BCUT2D eigenvalue weighted by atomic mass is 16.6. The van der Waals surface area contributed by atoms with Crippen LogP contribution in [-0.2, 0) is 23.7 Å². The fraction of sp³-hybridized carbons (Fsp3) is 0.170. The van der Waals surface area contributed by atoms with Gasteiger partial charge in [-0.2, -0.15) is 0 Å². The minimum atomic E-state index is -1.77. The Hall–Kier alpha value is -8.07. The van der Waals surface area contributed by atoms with Crippen molar-refractivity contribution in [2.45, 2.75) is 39.1 Å². The second-order valence-corrected chi connectivity index (χ2v) is 14.3. The maximum atomic E-state index is 14.2. The van der Waals surface area contributed by atoms with Gasteiger partial charge in [0.15, 0.2) is 24.0 Å². The molecule has 7 rings (SSSR count). The number of benzene rings is 5. The molecule has 62 heavy (non-hydrogen) atoms. The summed E-state index contributed by atoms with van der Waals surface area (Å²) in [6.45, 7) is 3.68. The van der Waals surface area contributed by atoms with E-state index in [1.165, 1.54) is 60.4 Å².